The molecular formula is C56H51NSi. The van der Waals surface area contributed by atoms with Crippen molar-refractivity contribution in [2.24, 2.45) is 0 Å². The van der Waals surface area contributed by atoms with E-state index < -0.39 is 13.5 Å². The fraction of sp³-hybridized carbons (Fsp3) is 0.214. The summed E-state index contributed by atoms with van der Waals surface area (Å²) in [6.45, 7) is 12.4. The summed E-state index contributed by atoms with van der Waals surface area (Å²) in [5.74, 6) is 0. The largest absolute Gasteiger partial charge is 0.334 e. The van der Waals surface area contributed by atoms with Gasteiger partial charge in [0.05, 0.1) is 19.0 Å². The first-order valence-electron chi connectivity index (χ1n) is 21.4. The van der Waals surface area contributed by atoms with E-state index in [-0.39, 0.29) is 11.0 Å². The zero-order valence-electron chi connectivity index (χ0n) is 34.4. The summed E-state index contributed by atoms with van der Waals surface area (Å²) in [5, 5.41) is 6.73. The molecule has 1 heterocycles. The van der Waals surface area contributed by atoms with Crippen molar-refractivity contribution < 1.29 is 0 Å². The molecule has 284 valence electrons. The Morgan fingerprint density at radius 2 is 1.12 bits per heavy atom. The van der Waals surface area contributed by atoms with Crippen molar-refractivity contribution in [2.75, 3.05) is 4.90 Å². The summed E-state index contributed by atoms with van der Waals surface area (Å²) in [5.41, 5.74) is 14.4. The zero-order chi connectivity index (χ0) is 39.4. The van der Waals surface area contributed by atoms with E-state index >= 15 is 0 Å². The van der Waals surface area contributed by atoms with Crippen molar-refractivity contribution in [3.63, 3.8) is 0 Å². The molecular weight excluding hydrogens is 715 g/mol. The average Bonchev–Trinajstić information content (AvgIpc) is 3.67. The van der Waals surface area contributed by atoms with Crippen molar-refractivity contribution in [3.05, 3.63) is 198 Å². The van der Waals surface area contributed by atoms with Crippen molar-refractivity contribution in [2.45, 2.75) is 75.5 Å². The number of rotatable bonds is 5. The minimum atomic E-state index is -1.41. The molecule has 1 aliphatic heterocycles. The van der Waals surface area contributed by atoms with E-state index in [1.54, 1.807) is 0 Å². The van der Waals surface area contributed by atoms with Crippen LogP contribution in [-0.2, 0) is 10.8 Å². The normalized spacial score (nSPS) is 20.5. The lowest BCUT2D eigenvalue weighted by Gasteiger charge is -2.50. The van der Waals surface area contributed by atoms with Gasteiger partial charge < -0.3 is 4.90 Å². The molecule has 1 fully saturated rings. The highest BCUT2D eigenvalue weighted by Gasteiger charge is 2.57. The number of fused-ring (bicyclic) bond motifs is 10. The van der Waals surface area contributed by atoms with E-state index in [1.165, 1.54) is 114 Å². The van der Waals surface area contributed by atoms with Crippen molar-refractivity contribution in [1.82, 2.24) is 0 Å². The van der Waals surface area contributed by atoms with Crippen molar-refractivity contribution >= 4 is 46.2 Å². The van der Waals surface area contributed by atoms with E-state index in [2.05, 4.69) is 208 Å². The predicted octanol–water partition coefficient (Wildman–Crippen LogP) is 14.3. The van der Waals surface area contributed by atoms with Gasteiger partial charge in [-0.1, -0.05) is 184 Å². The van der Waals surface area contributed by atoms with Crippen molar-refractivity contribution in [1.29, 1.82) is 0 Å². The Kier molecular flexibility index (Phi) is 7.73. The van der Waals surface area contributed by atoms with Crippen LogP contribution >= 0.6 is 0 Å². The molecule has 58 heavy (non-hydrogen) atoms. The van der Waals surface area contributed by atoms with Crippen LogP contribution in [0.4, 0.5) is 11.4 Å². The molecule has 0 spiro atoms. The minimum absolute atomic E-state index is 0.00741. The van der Waals surface area contributed by atoms with E-state index in [1.807, 2.05) is 0 Å². The van der Waals surface area contributed by atoms with Gasteiger partial charge in [0.1, 0.15) is 0 Å². The van der Waals surface area contributed by atoms with Crippen LogP contribution in [0.15, 0.2) is 170 Å². The molecule has 11 rings (SSSR count). The Bertz CT molecular complexity index is 2860. The van der Waals surface area contributed by atoms with Gasteiger partial charge in [-0.3, -0.25) is 0 Å². The SMILES string of the molecule is CC12CCCCC1(C)N(c1ccc([Si](C)(C)C)cc1)c1ccc(-c3ccc4c(c3)C(c3ccccc3)(c3ccccc3)c3ccc5c(ccc6ccccc65)c3-4)cc12. The van der Waals surface area contributed by atoms with Gasteiger partial charge in [0, 0.05) is 16.8 Å². The smallest absolute Gasteiger partial charge is 0.0775 e. The molecule has 2 atom stereocenters. The van der Waals surface area contributed by atoms with E-state index in [9.17, 15) is 0 Å². The van der Waals surface area contributed by atoms with Gasteiger partial charge in [-0.2, -0.15) is 0 Å². The molecule has 0 N–H and O–H groups in total. The van der Waals surface area contributed by atoms with Crippen molar-refractivity contribution in [3.8, 4) is 22.3 Å². The summed E-state index contributed by atoms with van der Waals surface area (Å²) in [4.78, 5) is 2.73. The second-order valence-corrected chi connectivity index (χ2v) is 23.9. The molecule has 2 heteroatoms. The molecule has 0 bridgehead atoms. The zero-order valence-corrected chi connectivity index (χ0v) is 35.4. The van der Waals surface area contributed by atoms with Gasteiger partial charge in [-0.05, 0) is 122 Å². The van der Waals surface area contributed by atoms with Crippen LogP contribution in [0.1, 0.15) is 67.3 Å². The summed E-state index contributed by atoms with van der Waals surface area (Å²) in [6.07, 6.45) is 4.94. The fourth-order valence-corrected chi connectivity index (χ4v) is 12.8. The molecule has 0 amide bonds. The number of hydrogen-bond donors (Lipinski definition) is 0. The minimum Gasteiger partial charge on any atom is -0.334 e. The highest BCUT2D eigenvalue weighted by Crippen LogP contribution is 2.62. The quantitative estimate of drug-likeness (QED) is 0.125. The summed E-state index contributed by atoms with van der Waals surface area (Å²) in [7, 11) is -1.41. The maximum Gasteiger partial charge on any atom is 0.0775 e. The van der Waals surface area contributed by atoms with Gasteiger partial charge in [-0.25, -0.2) is 0 Å². The Morgan fingerprint density at radius 1 is 0.500 bits per heavy atom. The van der Waals surface area contributed by atoms with Gasteiger partial charge in [0.15, 0.2) is 0 Å². The molecule has 0 radical (unpaired) electrons. The van der Waals surface area contributed by atoms with Gasteiger partial charge in [-0.15, -0.1) is 0 Å². The molecule has 0 saturated heterocycles. The Labute approximate surface area is 345 Å². The lowest BCUT2D eigenvalue weighted by Crippen LogP contribution is -2.54. The average molecular weight is 766 g/mol. The van der Waals surface area contributed by atoms with Crippen LogP contribution in [0, 0.1) is 0 Å². The van der Waals surface area contributed by atoms with Gasteiger partial charge >= 0.3 is 0 Å². The first-order valence-corrected chi connectivity index (χ1v) is 24.9. The van der Waals surface area contributed by atoms with Crippen LogP contribution in [0.2, 0.25) is 19.6 Å². The standard InChI is InChI=1S/C56H51NSi/c1-54-34-14-15-35-55(54,2)57(43-25-27-44(28-26-43)58(3,4)5)52-33-24-40(37-51(52)54)39-23-30-48-50(36-39)56(41-17-8-6-9-18-41,42-19-10-7-11-20-42)49-32-31-46-45-21-13-12-16-38(45)22-29-47(46)53(48)49/h6-13,16-33,36-37H,14-15,34-35H2,1-5H3. The molecule has 0 aromatic heterocycles. The first-order chi connectivity index (χ1) is 28.1. The third-order valence-corrected chi connectivity index (χ3v) is 16.9. The third-order valence-electron chi connectivity index (χ3n) is 14.9. The summed E-state index contributed by atoms with van der Waals surface area (Å²) >= 11 is 0. The summed E-state index contributed by atoms with van der Waals surface area (Å²) < 4.78 is 0. The summed E-state index contributed by atoms with van der Waals surface area (Å²) in [6, 6.07) is 65.3. The second-order valence-electron chi connectivity index (χ2n) is 18.8. The van der Waals surface area contributed by atoms with E-state index in [0.29, 0.717) is 0 Å². The predicted molar refractivity (Wildman–Crippen MR) is 250 cm³/mol. The van der Waals surface area contributed by atoms with Crippen LogP contribution < -0.4 is 10.1 Å². The Morgan fingerprint density at radius 3 is 1.83 bits per heavy atom. The van der Waals surface area contributed by atoms with Crippen LogP contribution in [0.5, 0.6) is 0 Å². The fourth-order valence-electron chi connectivity index (χ4n) is 11.7. The molecule has 1 saturated carbocycles. The number of benzene rings is 8. The van der Waals surface area contributed by atoms with E-state index in [0.717, 1.165) is 0 Å². The van der Waals surface area contributed by atoms with Crippen LogP contribution in [0.25, 0.3) is 43.8 Å². The monoisotopic (exact) mass is 765 g/mol. The van der Waals surface area contributed by atoms with Gasteiger partial charge in [0.25, 0.3) is 0 Å². The lowest BCUT2D eigenvalue weighted by atomic mass is 9.61. The molecule has 2 unspecified atom stereocenters. The molecule has 2 aliphatic carbocycles. The van der Waals surface area contributed by atoms with Crippen LogP contribution in [-0.4, -0.2) is 13.6 Å². The highest BCUT2D eigenvalue weighted by atomic mass is 28.3. The van der Waals surface area contributed by atoms with Gasteiger partial charge in [0.2, 0.25) is 0 Å². The Balaban J connectivity index is 1.14. The molecule has 3 aliphatic rings. The van der Waals surface area contributed by atoms with Crippen LogP contribution in [0.3, 0.4) is 0 Å². The number of anilines is 2. The highest BCUT2D eigenvalue weighted by molar-refractivity contribution is 6.88. The second kappa shape index (κ2) is 12.6. The molecule has 8 aromatic rings. The maximum atomic E-state index is 2.73. The lowest BCUT2D eigenvalue weighted by molar-refractivity contribution is 0.195. The third kappa shape index (κ3) is 4.82. The Hall–Kier alpha value is -5.70. The topological polar surface area (TPSA) is 3.24 Å². The molecule has 1 nitrogen and oxygen atoms in total. The number of nitrogens with zero attached hydrogens (tertiary/aromatic N) is 1. The maximum absolute atomic E-state index is 2.73. The number of hydrogen-bond acceptors (Lipinski definition) is 1. The first kappa shape index (κ1) is 35.5. The molecule has 8 aromatic carbocycles. The van der Waals surface area contributed by atoms with E-state index in [4.69, 9.17) is 0 Å².